The molecule has 0 saturated carbocycles. The van der Waals surface area contributed by atoms with Crippen LogP contribution in [0.2, 0.25) is 0 Å². The fraction of sp³-hybridized carbons (Fsp3) is 0.500. The zero-order valence-electron chi connectivity index (χ0n) is 13.0. The summed E-state index contributed by atoms with van der Waals surface area (Å²) in [7, 11) is 1.61. The summed E-state index contributed by atoms with van der Waals surface area (Å²) in [6, 6.07) is 7.55. The molecule has 1 aromatic rings. The lowest BCUT2D eigenvalue weighted by molar-refractivity contribution is -0.143. The molecule has 1 aliphatic rings. The minimum Gasteiger partial charge on any atom is -0.497 e. The predicted molar refractivity (Wildman–Crippen MR) is 81.5 cm³/mol. The minimum atomic E-state index is -0.542. The second kappa shape index (κ2) is 7.79. The lowest BCUT2D eigenvalue weighted by Crippen LogP contribution is -2.41. The monoisotopic (exact) mass is 306 g/mol. The smallest absolute Gasteiger partial charge is 0.251 e. The third-order valence-electron chi connectivity index (χ3n) is 3.61. The van der Waals surface area contributed by atoms with E-state index in [1.165, 1.54) is 0 Å². The summed E-state index contributed by atoms with van der Waals surface area (Å²) in [6.07, 6.45) is -0.201. The molecule has 2 rings (SSSR count). The highest BCUT2D eigenvalue weighted by Gasteiger charge is 2.23. The van der Waals surface area contributed by atoms with E-state index in [1.54, 1.807) is 18.9 Å². The Labute approximate surface area is 130 Å². The van der Waals surface area contributed by atoms with Gasteiger partial charge in [0.2, 0.25) is 5.91 Å². The van der Waals surface area contributed by atoms with Crippen LogP contribution >= 0.6 is 0 Å². The molecule has 120 valence electrons. The zero-order chi connectivity index (χ0) is 15.9. The number of nitrogens with one attached hydrogen (secondary N) is 1. The standard InChI is InChI=1S/C16H22N2O4/c1-12(16(20)18-8-6-15(19)17-7-9-18)22-11-13-4-3-5-14(10-13)21-2/h3-5,10,12H,6-9,11H2,1-2H3,(H,17,19)/t12-/m1/s1. The number of hydrogen-bond donors (Lipinski definition) is 1. The van der Waals surface area contributed by atoms with Gasteiger partial charge in [-0.3, -0.25) is 9.59 Å². The van der Waals surface area contributed by atoms with E-state index in [9.17, 15) is 9.59 Å². The molecule has 0 bridgehead atoms. The summed E-state index contributed by atoms with van der Waals surface area (Å²) in [5, 5.41) is 2.75. The van der Waals surface area contributed by atoms with Crippen LogP contribution in [-0.2, 0) is 20.9 Å². The molecule has 0 spiro atoms. The van der Waals surface area contributed by atoms with Crippen molar-refractivity contribution in [2.75, 3.05) is 26.7 Å². The van der Waals surface area contributed by atoms with E-state index in [2.05, 4.69) is 5.32 Å². The Hall–Kier alpha value is -2.08. The molecule has 0 aliphatic carbocycles. The fourth-order valence-corrected chi connectivity index (χ4v) is 2.30. The average molecular weight is 306 g/mol. The maximum Gasteiger partial charge on any atom is 0.251 e. The molecular weight excluding hydrogens is 284 g/mol. The molecule has 0 aromatic heterocycles. The van der Waals surface area contributed by atoms with Crippen LogP contribution in [0, 0.1) is 0 Å². The lowest BCUT2D eigenvalue weighted by Gasteiger charge is -2.23. The van der Waals surface area contributed by atoms with Crippen LogP contribution in [-0.4, -0.2) is 49.6 Å². The average Bonchev–Trinajstić information content (AvgIpc) is 2.76. The number of rotatable bonds is 5. The molecule has 0 radical (unpaired) electrons. The van der Waals surface area contributed by atoms with Gasteiger partial charge < -0.3 is 19.7 Å². The number of carbonyl (C=O) groups is 2. The van der Waals surface area contributed by atoms with E-state index in [-0.39, 0.29) is 11.8 Å². The lowest BCUT2D eigenvalue weighted by atomic mass is 10.2. The van der Waals surface area contributed by atoms with E-state index in [1.807, 2.05) is 24.3 Å². The number of ether oxygens (including phenoxy) is 2. The fourth-order valence-electron chi connectivity index (χ4n) is 2.30. The number of hydrogen-bond acceptors (Lipinski definition) is 4. The normalized spacial score (nSPS) is 16.6. The van der Waals surface area contributed by atoms with Crippen molar-refractivity contribution in [3.8, 4) is 5.75 Å². The summed E-state index contributed by atoms with van der Waals surface area (Å²) < 4.78 is 10.8. The number of methoxy groups -OCH3 is 1. The molecule has 6 nitrogen and oxygen atoms in total. The predicted octanol–water partition coefficient (Wildman–Crippen LogP) is 0.949. The molecule has 2 amide bonds. The SMILES string of the molecule is COc1cccc(CO[C@H](C)C(=O)N2CCNC(=O)CC2)c1. The summed E-state index contributed by atoms with van der Waals surface area (Å²) in [4.78, 5) is 25.3. The molecule has 1 aliphatic heterocycles. The van der Waals surface area contributed by atoms with Gasteiger partial charge in [0.05, 0.1) is 13.7 Å². The van der Waals surface area contributed by atoms with E-state index >= 15 is 0 Å². The minimum absolute atomic E-state index is 0.0137. The molecule has 6 heteroatoms. The third kappa shape index (κ3) is 4.46. The number of carbonyl (C=O) groups excluding carboxylic acids is 2. The first-order chi connectivity index (χ1) is 10.6. The molecule has 1 heterocycles. The Kier molecular flexibility index (Phi) is 5.77. The van der Waals surface area contributed by atoms with Crippen molar-refractivity contribution in [3.05, 3.63) is 29.8 Å². The summed E-state index contributed by atoms with van der Waals surface area (Å²) in [5.41, 5.74) is 0.951. The highest BCUT2D eigenvalue weighted by atomic mass is 16.5. The molecule has 1 N–H and O–H groups in total. The van der Waals surface area contributed by atoms with Gasteiger partial charge in [0.25, 0.3) is 5.91 Å². The molecule has 1 aromatic carbocycles. The molecule has 1 saturated heterocycles. The Morgan fingerprint density at radius 1 is 1.41 bits per heavy atom. The molecular formula is C16H22N2O4. The maximum atomic E-state index is 12.3. The first-order valence-electron chi connectivity index (χ1n) is 7.40. The van der Waals surface area contributed by atoms with E-state index in [0.29, 0.717) is 32.7 Å². The highest BCUT2D eigenvalue weighted by molar-refractivity contribution is 5.82. The third-order valence-corrected chi connectivity index (χ3v) is 3.61. The van der Waals surface area contributed by atoms with Gasteiger partial charge in [0.15, 0.2) is 0 Å². The summed E-state index contributed by atoms with van der Waals surface area (Å²) >= 11 is 0. The van der Waals surface area contributed by atoms with Gasteiger partial charge in [-0.25, -0.2) is 0 Å². The largest absolute Gasteiger partial charge is 0.497 e. The van der Waals surface area contributed by atoms with Crippen molar-refractivity contribution in [1.29, 1.82) is 0 Å². The highest BCUT2D eigenvalue weighted by Crippen LogP contribution is 2.14. The first kappa shape index (κ1) is 16.3. The Morgan fingerprint density at radius 2 is 2.23 bits per heavy atom. The second-order valence-electron chi connectivity index (χ2n) is 5.23. The van der Waals surface area contributed by atoms with Crippen LogP contribution in [0.5, 0.6) is 5.75 Å². The van der Waals surface area contributed by atoms with Gasteiger partial charge in [0.1, 0.15) is 11.9 Å². The first-order valence-corrected chi connectivity index (χ1v) is 7.40. The van der Waals surface area contributed by atoms with Crippen LogP contribution in [0.25, 0.3) is 0 Å². The Balaban J connectivity index is 1.86. The van der Waals surface area contributed by atoms with E-state index in [0.717, 1.165) is 11.3 Å². The van der Waals surface area contributed by atoms with E-state index < -0.39 is 6.10 Å². The maximum absolute atomic E-state index is 12.3. The number of benzene rings is 1. The van der Waals surface area contributed by atoms with Crippen molar-refractivity contribution in [2.24, 2.45) is 0 Å². The summed E-state index contributed by atoms with van der Waals surface area (Å²) in [6.45, 7) is 3.54. The van der Waals surface area contributed by atoms with Crippen molar-refractivity contribution in [2.45, 2.75) is 26.1 Å². The van der Waals surface area contributed by atoms with Gasteiger partial charge in [0, 0.05) is 26.1 Å². The van der Waals surface area contributed by atoms with E-state index in [4.69, 9.17) is 9.47 Å². The second-order valence-corrected chi connectivity index (χ2v) is 5.23. The Bertz CT molecular complexity index is 533. The van der Waals surface area contributed by atoms with Gasteiger partial charge in [-0.05, 0) is 24.6 Å². The quantitative estimate of drug-likeness (QED) is 0.879. The zero-order valence-corrected chi connectivity index (χ0v) is 13.0. The molecule has 22 heavy (non-hydrogen) atoms. The molecule has 0 unspecified atom stereocenters. The van der Waals surface area contributed by atoms with Gasteiger partial charge in [-0.15, -0.1) is 0 Å². The van der Waals surface area contributed by atoms with Gasteiger partial charge >= 0.3 is 0 Å². The van der Waals surface area contributed by atoms with Crippen LogP contribution in [0.3, 0.4) is 0 Å². The van der Waals surface area contributed by atoms with Crippen LogP contribution in [0.1, 0.15) is 18.9 Å². The van der Waals surface area contributed by atoms with Gasteiger partial charge in [-0.1, -0.05) is 12.1 Å². The number of amides is 2. The Morgan fingerprint density at radius 3 is 3.00 bits per heavy atom. The topological polar surface area (TPSA) is 67.9 Å². The van der Waals surface area contributed by atoms with Crippen LogP contribution < -0.4 is 10.1 Å². The molecule has 1 fully saturated rings. The van der Waals surface area contributed by atoms with Crippen LogP contribution in [0.15, 0.2) is 24.3 Å². The summed E-state index contributed by atoms with van der Waals surface area (Å²) in [5.74, 6) is 0.664. The molecule has 1 atom stereocenters. The number of nitrogens with zero attached hydrogens (tertiary/aromatic N) is 1. The van der Waals surface area contributed by atoms with Crippen molar-refractivity contribution in [1.82, 2.24) is 10.2 Å². The van der Waals surface area contributed by atoms with Crippen LogP contribution in [0.4, 0.5) is 0 Å². The van der Waals surface area contributed by atoms with Crippen molar-refractivity contribution >= 4 is 11.8 Å². The van der Waals surface area contributed by atoms with Gasteiger partial charge in [-0.2, -0.15) is 0 Å². The van der Waals surface area contributed by atoms with Crippen molar-refractivity contribution < 1.29 is 19.1 Å². The van der Waals surface area contributed by atoms with Crippen molar-refractivity contribution in [3.63, 3.8) is 0 Å².